The first kappa shape index (κ1) is 13.5. The summed E-state index contributed by atoms with van der Waals surface area (Å²) in [4.78, 5) is 2.21. The standard InChI is InChI=1S/C15H23NO2/c1-11-6-12(2)8-13(7-11)9-14(17)15-10-16(3)4-5-18-15/h6-8,14-15,17H,4-5,9-10H2,1-3H3. The van der Waals surface area contributed by atoms with Gasteiger partial charge in [0.1, 0.15) is 0 Å². The number of aliphatic hydroxyl groups is 1. The highest BCUT2D eigenvalue weighted by Crippen LogP contribution is 2.15. The number of ether oxygens (including phenoxy) is 1. The summed E-state index contributed by atoms with van der Waals surface area (Å²) in [6.45, 7) is 6.66. The lowest BCUT2D eigenvalue weighted by Gasteiger charge is -2.33. The average molecular weight is 249 g/mol. The Hall–Kier alpha value is -0.900. The van der Waals surface area contributed by atoms with Gasteiger partial charge in [-0.15, -0.1) is 0 Å². The van der Waals surface area contributed by atoms with Crippen LogP contribution in [0.2, 0.25) is 0 Å². The van der Waals surface area contributed by atoms with Gasteiger partial charge in [0.15, 0.2) is 0 Å². The van der Waals surface area contributed by atoms with Gasteiger partial charge in [-0.1, -0.05) is 29.3 Å². The van der Waals surface area contributed by atoms with Gasteiger partial charge >= 0.3 is 0 Å². The van der Waals surface area contributed by atoms with Gasteiger partial charge in [0, 0.05) is 19.5 Å². The van der Waals surface area contributed by atoms with Gasteiger partial charge in [0.05, 0.1) is 18.8 Å². The Morgan fingerprint density at radius 2 is 2.00 bits per heavy atom. The largest absolute Gasteiger partial charge is 0.390 e. The Labute approximate surface area is 109 Å². The number of hydrogen-bond acceptors (Lipinski definition) is 3. The van der Waals surface area contributed by atoms with E-state index in [1.807, 2.05) is 0 Å². The van der Waals surface area contributed by atoms with Crippen LogP contribution < -0.4 is 0 Å². The van der Waals surface area contributed by atoms with E-state index in [1.54, 1.807) is 0 Å². The topological polar surface area (TPSA) is 32.7 Å². The SMILES string of the molecule is Cc1cc(C)cc(CC(O)C2CN(C)CCO2)c1. The van der Waals surface area contributed by atoms with E-state index in [4.69, 9.17) is 4.74 Å². The Balaban J connectivity index is 1.99. The number of benzene rings is 1. The molecule has 18 heavy (non-hydrogen) atoms. The van der Waals surface area contributed by atoms with Crippen molar-refractivity contribution >= 4 is 0 Å². The van der Waals surface area contributed by atoms with E-state index < -0.39 is 6.10 Å². The molecule has 1 aromatic carbocycles. The third kappa shape index (κ3) is 3.55. The molecule has 1 aromatic rings. The van der Waals surface area contributed by atoms with Crippen molar-refractivity contribution in [3.63, 3.8) is 0 Å². The lowest BCUT2D eigenvalue weighted by atomic mass is 9.99. The molecule has 0 bridgehead atoms. The Bertz CT molecular complexity index is 385. The van der Waals surface area contributed by atoms with Gasteiger partial charge in [-0.3, -0.25) is 0 Å². The van der Waals surface area contributed by atoms with E-state index in [1.165, 1.54) is 16.7 Å². The molecule has 1 aliphatic rings. The molecule has 3 heteroatoms. The summed E-state index contributed by atoms with van der Waals surface area (Å²) in [5, 5.41) is 10.3. The molecule has 0 amide bonds. The van der Waals surface area contributed by atoms with Crippen LogP contribution in [0.1, 0.15) is 16.7 Å². The zero-order chi connectivity index (χ0) is 13.1. The molecule has 0 aliphatic carbocycles. The van der Waals surface area contributed by atoms with Gasteiger partial charge < -0.3 is 14.7 Å². The lowest BCUT2D eigenvalue weighted by molar-refractivity contribution is -0.0823. The first-order chi connectivity index (χ1) is 8.54. The minimum Gasteiger partial charge on any atom is -0.390 e. The quantitative estimate of drug-likeness (QED) is 0.882. The molecule has 0 radical (unpaired) electrons. The molecule has 1 heterocycles. The maximum atomic E-state index is 10.3. The highest BCUT2D eigenvalue weighted by molar-refractivity contribution is 5.29. The van der Waals surface area contributed by atoms with Crippen LogP contribution in [0, 0.1) is 13.8 Å². The van der Waals surface area contributed by atoms with Crippen LogP contribution in [0.5, 0.6) is 0 Å². The summed E-state index contributed by atoms with van der Waals surface area (Å²) < 4.78 is 5.65. The monoisotopic (exact) mass is 249 g/mol. The van der Waals surface area contributed by atoms with E-state index in [9.17, 15) is 5.11 Å². The minimum atomic E-state index is -0.422. The fourth-order valence-corrected chi connectivity index (χ4v) is 2.60. The van der Waals surface area contributed by atoms with E-state index >= 15 is 0 Å². The van der Waals surface area contributed by atoms with E-state index in [2.05, 4.69) is 44.0 Å². The predicted molar refractivity (Wildman–Crippen MR) is 72.9 cm³/mol. The van der Waals surface area contributed by atoms with Crippen molar-refractivity contribution in [1.29, 1.82) is 0 Å². The van der Waals surface area contributed by atoms with E-state index in [0.29, 0.717) is 13.0 Å². The summed E-state index contributed by atoms with van der Waals surface area (Å²) in [5.74, 6) is 0. The van der Waals surface area contributed by atoms with Crippen molar-refractivity contribution in [2.45, 2.75) is 32.5 Å². The molecule has 1 fully saturated rings. The van der Waals surface area contributed by atoms with Crippen molar-refractivity contribution in [3.8, 4) is 0 Å². The number of rotatable bonds is 3. The Kier molecular flexibility index (Phi) is 4.38. The molecule has 0 saturated carbocycles. The second-order valence-corrected chi connectivity index (χ2v) is 5.44. The van der Waals surface area contributed by atoms with Crippen LogP contribution in [0.4, 0.5) is 0 Å². The predicted octanol–water partition coefficient (Wildman–Crippen LogP) is 1.54. The Morgan fingerprint density at radius 3 is 2.61 bits per heavy atom. The van der Waals surface area contributed by atoms with Gasteiger partial charge in [-0.2, -0.15) is 0 Å². The molecule has 1 aliphatic heterocycles. The molecule has 2 unspecified atom stereocenters. The highest BCUT2D eigenvalue weighted by atomic mass is 16.5. The molecular formula is C15H23NO2. The second kappa shape index (κ2) is 5.83. The van der Waals surface area contributed by atoms with Crippen LogP contribution in [0.15, 0.2) is 18.2 Å². The van der Waals surface area contributed by atoms with Crippen LogP contribution in [-0.2, 0) is 11.2 Å². The summed E-state index contributed by atoms with van der Waals surface area (Å²) in [6, 6.07) is 6.44. The number of aliphatic hydroxyl groups excluding tert-OH is 1. The highest BCUT2D eigenvalue weighted by Gasteiger charge is 2.25. The molecule has 1 saturated heterocycles. The number of nitrogens with zero attached hydrogens (tertiary/aromatic N) is 1. The molecule has 2 atom stereocenters. The van der Waals surface area contributed by atoms with Crippen molar-refractivity contribution in [1.82, 2.24) is 4.90 Å². The van der Waals surface area contributed by atoms with Crippen LogP contribution >= 0.6 is 0 Å². The molecule has 2 rings (SSSR count). The van der Waals surface area contributed by atoms with Crippen LogP contribution in [0.3, 0.4) is 0 Å². The summed E-state index contributed by atoms with van der Waals surface area (Å²) in [6.07, 6.45) is 0.180. The van der Waals surface area contributed by atoms with Crippen molar-refractivity contribution in [3.05, 3.63) is 34.9 Å². The normalized spacial score (nSPS) is 23.0. The fraction of sp³-hybridized carbons (Fsp3) is 0.600. The first-order valence-corrected chi connectivity index (χ1v) is 6.60. The fourth-order valence-electron chi connectivity index (χ4n) is 2.60. The van der Waals surface area contributed by atoms with Crippen molar-refractivity contribution < 1.29 is 9.84 Å². The summed E-state index contributed by atoms with van der Waals surface area (Å²) >= 11 is 0. The van der Waals surface area contributed by atoms with E-state index in [-0.39, 0.29) is 6.10 Å². The maximum Gasteiger partial charge on any atom is 0.0964 e. The summed E-state index contributed by atoms with van der Waals surface area (Å²) in [5.41, 5.74) is 3.69. The molecule has 0 aromatic heterocycles. The number of hydrogen-bond donors (Lipinski definition) is 1. The van der Waals surface area contributed by atoms with Crippen LogP contribution in [0.25, 0.3) is 0 Å². The minimum absolute atomic E-state index is 0.0652. The van der Waals surface area contributed by atoms with Gasteiger partial charge in [0.25, 0.3) is 0 Å². The zero-order valence-corrected chi connectivity index (χ0v) is 11.5. The second-order valence-electron chi connectivity index (χ2n) is 5.44. The maximum absolute atomic E-state index is 10.3. The average Bonchev–Trinajstić information content (AvgIpc) is 2.27. The number of aryl methyl sites for hydroxylation is 2. The lowest BCUT2D eigenvalue weighted by Crippen LogP contribution is -2.46. The third-order valence-corrected chi connectivity index (χ3v) is 3.45. The van der Waals surface area contributed by atoms with Gasteiger partial charge in [-0.05, 0) is 26.5 Å². The van der Waals surface area contributed by atoms with Crippen molar-refractivity contribution in [2.24, 2.45) is 0 Å². The van der Waals surface area contributed by atoms with Gasteiger partial charge in [0.2, 0.25) is 0 Å². The summed E-state index contributed by atoms with van der Waals surface area (Å²) in [7, 11) is 2.07. The number of morpholine rings is 1. The molecular weight excluding hydrogens is 226 g/mol. The smallest absolute Gasteiger partial charge is 0.0964 e. The first-order valence-electron chi connectivity index (χ1n) is 6.60. The molecule has 0 spiro atoms. The molecule has 1 N–H and O–H groups in total. The van der Waals surface area contributed by atoms with Crippen molar-refractivity contribution in [2.75, 3.05) is 26.7 Å². The Morgan fingerprint density at radius 1 is 1.33 bits per heavy atom. The molecule has 100 valence electrons. The van der Waals surface area contributed by atoms with E-state index in [0.717, 1.165) is 13.1 Å². The van der Waals surface area contributed by atoms with Gasteiger partial charge in [-0.25, -0.2) is 0 Å². The number of likely N-dealkylation sites (N-methyl/N-ethyl adjacent to an activating group) is 1. The van der Waals surface area contributed by atoms with Crippen LogP contribution in [-0.4, -0.2) is 49.0 Å². The zero-order valence-electron chi connectivity index (χ0n) is 11.5. The third-order valence-electron chi connectivity index (χ3n) is 3.45. The molecule has 3 nitrogen and oxygen atoms in total.